The van der Waals surface area contributed by atoms with E-state index in [1.807, 2.05) is 0 Å². The van der Waals surface area contributed by atoms with Crippen molar-refractivity contribution in [1.82, 2.24) is 50.4 Å². The molecule has 1 atom stereocenters. The molecule has 6 aliphatic rings. The van der Waals surface area contributed by atoms with E-state index in [1.54, 1.807) is 0 Å². The third-order valence-electron chi connectivity index (χ3n) is 20.2. The smallest absolute Gasteiger partial charge is 0.293 e. The lowest BCUT2D eigenvalue weighted by atomic mass is 9.71. The van der Waals surface area contributed by atoms with Gasteiger partial charge in [0.05, 0.1) is 57.5 Å². The van der Waals surface area contributed by atoms with E-state index in [4.69, 9.17) is 5.73 Å². The summed E-state index contributed by atoms with van der Waals surface area (Å²) in [6.07, 6.45) is -10.8. The number of ketones is 3. The van der Waals surface area contributed by atoms with Gasteiger partial charge in [0, 0.05) is 93.4 Å². The van der Waals surface area contributed by atoms with Crippen molar-refractivity contribution in [2.45, 2.75) is 179 Å². The summed E-state index contributed by atoms with van der Waals surface area (Å²) in [6.45, 7) is 5.66. The molecular weight excluding hydrogens is 1520 g/mol. The number of nitrogens with one attached hydrogen (secondary N) is 8. The predicted octanol–water partition coefficient (Wildman–Crippen LogP) is 10.2. The Morgan fingerprint density at radius 1 is 0.545 bits per heavy atom. The van der Waals surface area contributed by atoms with Crippen molar-refractivity contribution >= 4 is 81.7 Å². The first-order valence-electron chi connectivity index (χ1n) is 33.9. The molecule has 3 fully saturated rings. The third kappa shape index (κ3) is 15.4. The van der Waals surface area contributed by atoms with Gasteiger partial charge in [0.2, 0.25) is 11.8 Å². The number of primary amides is 1. The maximum Gasteiger partial charge on any atom is 0.293 e. The monoisotopic (exact) mass is 1590 g/mol. The topological polar surface area (TPSA) is 354 Å². The second-order valence-corrected chi connectivity index (χ2v) is 27.8. The highest BCUT2D eigenvalue weighted by Gasteiger charge is 2.64. The zero-order chi connectivity index (χ0) is 81.4. The van der Waals surface area contributed by atoms with E-state index in [0.29, 0.717) is 50.2 Å². The zero-order valence-corrected chi connectivity index (χ0v) is 58.8. The van der Waals surface area contributed by atoms with Crippen LogP contribution in [0.15, 0.2) is 54.7 Å². The number of amides is 8. The van der Waals surface area contributed by atoms with Crippen molar-refractivity contribution in [2.75, 3.05) is 23.0 Å². The molecule has 3 aliphatic carbocycles. The molecule has 25 nitrogen and oxygen atoms in total. The SMILES string of the molecule is C.CNC(=O)C1(NC(=O)C(=O)c2c(C)c(C(=O)Nc3cccc(C(F)F)c3F)n3c2CCC3)CC(F)(F)C1.Cc1c(C(=O)C(=O)NC2(c3cn[nH]n3)CC(F)(F)C2)c2n(c1C(=O)Nc1cccc(C(F)F)c1F)C[C@H](F)C2.Cc1c(F)cc(NC(=O)c2c(C)c(C(=O)C(=O)NC3(C(N)=O)CC(F)(F)C3)c3n2CCC3)cc1F. The van der Waals surface area contributed by atoms with Crippen LogP contribution in [-0.2, 0) is 68.4 Å². The number of carbonyl (C=O) groups is 11. The van der Waals surface area contributed by atoms with Gasteiger partial charge in [-0.25, -0.2) is 65.9 Å². The third-order valence-corrected chi connectivity index (χ3v) is 20.2. The van der Waals surface area contributed by atoms with Crippen LogP contribution in [0.1, 0.15) is 190 Å². The first-order chi connectivity index (χ1) is 51.9. The number of hydrogen-bond acceptors (Lipinski definition) is 13. The van der Waals surface area contributed by atoms with E-state index in [1.165, 1.54) is 43.9 Å². The van der Waals surface area contributed by atoms with Crippen molar-refractivity contribution in [3.8, 4) is 0 Å². The molecule has 0 unspecified atom stereocenters. The molecule has 3 aliphatic heterocycles. The number of aromatic amines is 1. The molecule has 0 radical (unpaired) electrons. The fraction of sp³-hybridized carbons (Fsp3) is 0.403. The van der Waals surface area contributed by atoms with Gasteiger partial charge in [-0.3, -0.25) is 52.7 Å². The van der Waals surface area contributed by atoms with Crippen LogP contribution in [0.4, 0.5) is 82.9 Å². The molecule has 3 saturated carbocycles. The number of carbonyl (C=O) groups excluding carboxylic acids is 11. The summed E-state index contributed by atoms with van der Waals surface area (Å²) >= 11 is 0. The van der Waals surface area contributed by atoms with Crippen molar-refractivity contribution in [3.63, 3.8) is 0 Å². The van der Waals surface area contributed by atoms with Crippen LogP contribution in [-0.4, -0.2) is 136 Å². The Labute approximate surface area is 624 Å². The van der Waals surface area contributed by atoms with E-state index in [9.17, 15) is 119 Å². The number of likely N-dealkylation sites (N-methyl/N-ethyl adjacent to an activating group) is 1. The lowest BCUT2D eigenvalue weighted by Crippen LogP contribution is -2.69. The number of fused-ring (bicyclic) bond motifs is 3. The highest BCUT2D eigenvalue weighted by Crippen LogP contribution is 2.52. The number of halogens is 15. The van der Waals surface area contributed by atoms with Gasteiger partial charge in [-0.15, -0.1) is 0 Å². The summed E-state index contributed by atoms with van der Waals surface area (Å²) < 4.78 is 209. The van der Waals surface area contributed by atoms with Crippen LogP contribution in [0.25, 0.3) is 0 Å². The number of Topliss-reactive ketones (excluding diaryl/α,β-unsaturated/α-hetero) is 3. The van der Waals surface area contributed by atoms with Crippen LogP contribution in [0.2, 0.25) is 0 Å². The van der Waals surface area contributed by atoms with E-state index >= 15 is 0 Å². The largest absolute Gasteiger partial charge is 0.368 e. The second-order valence-electron chi connectivity index (χ2n) is 27.8. The molecule has 598 valence electrons. The van der Waals surface area contributed by atoms with Crippen LogP contribution >= 0.6 is 0 Å². The van der Waals surface area contributed by atoms with Crippen molar-refractivity contribution in [1.29, 1.82) is 0 Å². The van der Waals surface area contributed by atoms with Gasteiger partial charge in [-0.1, -0.05) is 31.7 Å². The average Bonchev–Trinajstić information content (AvgIpc) is 1.65. The minimum Gasteiger partial charge on any atom is -0.368 e. The number of aromatic nitrogens is 6. The molecule has 0 bridgehead atoms. The van der Waals surface area contributed by atoms with Crippen LogP contribution in [0, 0.1) is 51.0 Å². The zero-order valence-electron chi connectivity index (χ0n) is 58.8. The van der Waals surface area contributed by atoms with Crippen LogP contribution < -0.4 is 43.0 Å². The molecule has 7 aromatic rings. The Kier molecular flexibility index (Phi) is 22.6. The Morgan fingerprint density at radius 2 is 0.946 bits per heavy atom. The Morgan fingerprint density at radius 3 is 1.35 bits per heavy atom. The highest BCUT2D eigenvalue weighted by molar-refractivity contribution is 6.45. The molecule has 0 spiro atoms. The number of benzene rings is 3. The molecule has 10 N–H and O–H groups in total. The molecule has 13 rings (SSSR count). The predicted molar refractivity (Wildman–Crippen MR) is 364 cm³/mol. The molecular formula is C72H69F15N14O11. The van der Waals surface area contributed by atoms with E-state index in [0.717, 1.165) is 59.3 Å². The second kappa shape index (κ2) is 30.6. The quantitative estimate of drug-likeness (QED) is 0.0195. The van der Waals surface area contributed by atoms with Gasteiger partial charge in [0.25, 0.3) is 83.4 Å². The Hall–Kier alpha value is -11.6. The van der Waals surface area contributed by atoms with Gasteiger partial charge in [0.1, 0.15) is 51.7 Å². The minimum absolute atomic E-state index is 0. The first kappa shape index (κ1) is 82.8. The molecule has 8 amide bonds. The first-order valence-corrected chi connectivity index (χ1v) is 33.9. The number of rotatable bonds is 20. The van der Waals surface area contributed by atoms with E-state index in [2.05, 4.69) is 52.6 Å². The molecule has 4 aromatic heterocycles. The Balaban J connectivity index is 0.000000178. The molecule has 3 aromatic carbocycles. The summed E-state index contributed by atoms with van der Waals surface area (Å²) in [7, 11) is 1.21. The number of nitrogens with zero attached hydrogens (tertiary/aromatic N) is 5. The summed E-state index contributed by atoms with van der Waals surface area (Å²) in [4.78, 5) is 141. The lowest BCUT2D eigenvalue weighted by molar-refractivity contribution is -0.164. The maximum atomic E-state index is 14.5. The summed E-state index contributed by atoms with van der Waals surface area (Å²) in [5, 5.41) is 25.1. The van der Waals surface area contributed by atoms with Crippen molar-refractivity contribution < 1.29 is 119 Å². The van der Waals surface area contributed by atoms with Crippen molar-refractivity contribution in [2.24, 2.45) is 5.73 Å². The standard InChI is InChI=1S/C24H20F6N6O3.C24H23F5N4O4.C23H22F4N4O4.CH4/c1-10-16(19(37)22(39)33-23(8-24(29,30)9-23)15-6-31-35-34-15)14-5-11(25)7-36(14)18(10)21(38)32-13-4-2-3-12(17(13)26)20(27)28;1-11-15(18(34)21(36)32-23(22(37)30-2)9-24(28,29)10-23)14-7-4-8-33(14)17(11)20(35)31-13-6-3-5-12(16(13)25)19(26)27;1-10-13(24)6-12(7-14(10)25)29-19(33)17-11(2)16(15-4-3-5-31(15)17)18(32)20(34)30-22(21(28)35)8-23(26,27)9-22;/h2-4,6,11,20H,5,7-9H2,1H3,(H,32,38)(H,33,39)(H,31,34,35);3,5-6,19H,4,7-10H2,1-2H3,(H,30,37)(H,31,35)(H,32,36);6-7H,3-5,8-9H2,1-2H3,(H2,28,35)(H,29,33)(H,30,34);1H4/t11-;;;/m1.../s1. The molecule has 40 heteroatoms. The van der Waals surface area contributed by atoms with Gasteiger partial charge in [-0.2, -0.15) is 15.4 Å². The van der Waals surface area contributed by atoms with Gasteiger partial charge >= 0.3 is 0 Å². The summed E-state index contributed by atoms with van der Waals surface area (Å²) in [5.41, 5.74) is -3.61. The van der Waals surface area contributed by atoms with Gasteiger partial charge < -0.3 is 56.7 Å². The lowest BCUT2D eigenvalue weighted by Gasteiger charge is -2.46. The molecule has 7 heterocycles. The summed E-state index contributed by atoms with van der Waals surface area (Å²) in [6, 6.07) is 8.07. The maximum absolute atomic E-state index is 14.5. The molecule has 0 saturated heterocycles. The minimum atomic E-state index is -3.20. The summed E-state index contributed by atoms with van der Waals surface area (Å²) in [5.74, 6) is -25.9. The van der Waals surface area contributed by atoms with Crippen molar-refractivity contribution in [3.05, 3.63) is 168 Å². The number of hydrogen-bond donors (Lipinski definition) is 9. The van der Waals surface area contributed by atoms with E-state index in [-0.39, 0.29) is 93.5 Å². The fourth-order valence-corrected chi connectivity index (χ4v) is 15.1. The average molecular weight is 1590 g/mol. The normalized spacial score (nSPS) is 17.6. The van der Waals surface area contributed by atoms with Crippen LogP contribution in [0.5, 0.6) is 0 Å². The highest BCUT2D eigenvalue weighted by atomic mass is 19.3. The number of alkyl halides is 11. The molecule has 112 heavy (non-hydrogen) atoms. The fourth-order valence-electron chi connectivity index (χ4n) is 15.1. The van der Waals surface area contributed by atoms with E-state index < -0.39 is 202 Å². The van der Waals surface area contributed by atoms with Crippen LogP contribution in [0.3, 0.4) is 0 Å². The number of nitrogens with two attached hydrogens (primary N) is 1. The Bertz CT molecular complexity index is 5040. The number of H-pyrrole nitrogens is 1. The number of anilines is 3. The van der Waals surface area contributed by atoms with Gasteiger partial charge in [0.15, 0.2) is 11.6 Å². The van der Waals surface area contributed by atoms with Gasteiger partial charge in [-0.05, 0) is 94.3 Å².